The summed E-state index contributed by atoms with van der Waals surface area (Å²) < 4.78 is 55.6. The molecule has 0 aromatic heterocycles. The van der Waals surface area contributed by atoms with Crippen LogP contribution in [0.2, 0.25) is 0 Å². The number of carboxylic acids is 1. The number of para-hydroxylation sites is 1. The molecule has 21 heteroatoms. The number of amides is 1. The molecule has 0 bridgehead atoms. The molecule has 4 heterocycles. The van der Waals surface area contributed by atoms with Gasteiger partial charge in [-0.15, -0.1) is 0 Å². The maximum atomic E-state index is 12.9. The molecule has 394 valence electrons. The first kappa shape index (κ1) is 54.6. The number of aliphatic hydroxyl groups excluding tert-OH is 8. The summed E-state index contributed by atoms with van der Waals surface area (Å²) in [5.41, 5.74) is 1.35. The Balaban J connectivity index is 1.12. The molecule has 7 rings (SSSR count). The van der Waals surface area contributed by atoms with Crippen molar-refractivity contribution in [2.75, 3.05) is 26.4 Å². The third-order valence-corrected chi connectivity index (χ3v) is 14.6. The fourth-order valence-corrected chi connectivity index (χ4v) is 10.7. The fourth-order valence-electron chi connectivity index (χ4n) is 10.7. The van der Waals surface area contributed by atoms with Gasteiger partial charge in [-0.25, -0.2) is 4.79 Å². The van der Waals surface area contributed by atoms with Crippen LogP contribution in [-0.2, 0) is 47.5 Å². The van der Waals surface area contributed by atoms with Gasteiger partial charge in [-0.05, 0) is 56.1 Å². The lowest BCUT2D eigenvalue weighted by Gasteiger charge is -2.49. The molecule has 3 saturated heterocycles. The third kappa shape index (κ3) is 12.8. The molecular formula is C49H73NO20. The van der Waals surface area contributed by atoms with Gasteiger partial charge in [-0.2, -0.15) is 0 Å². The van der Waals surface area contributed by atoms with Gasteiger partial charge in [-0.3, -0.25) is 4.79 Å². The highest BCUT2D eigenvalue weighted by Crippen LogP contribution is 2.41. The van der Waals surface area contributed by atoms with Gasteiger partial charge in [0.25, 0.3) is 0 Å². The summed E-state index contributed by atoms with van der Waals surface area (Å²) in [6.07, 6.45) is -15.8. The average molecular weight is 996 g/mol. The molecule has 1 amide bonds. The van der Waals surface area contributed by atoms with Crippen LogP contribution in [-0.4, -0.2) is 195 Å². The van der Waals surface area contributed by atoms with Crippen LogP contribution in [0.5, 0.6) is 5.75 Å². The first-order valence-electron chi connectivity index (χ1n) is 24.6. The number of rotatable bonds is 19. The number of benzene rings is 1. The van der Waals surface area contributed by atoms with Gasteiger partial charge in [0.1, 0.15) is 78.6 Å². The minimum absolute atomic E-state index is 0.0587. The normalized spacial score (nSPS) is 39.8. The summed E-state index contributed by atoms with van der Waals surface area (Å²) in [6.45, 7) is 7.03. The van der Waals surface area contributed by atoms with E-state index in [0.29, 0.717) is 29.9 Å². The van der Waals surface area contributed by atoms with Crippen molar-refractivity contribution in [3.8, 4) is 5.75 Å². The van der Waals surface area contributed by atoms with Gasteiger partial charge in [0.05, 0.1) is 44.7 Å². The lowest BCUT2D eigenvalue weighted by Crippen LogP contribution is -2.67. The van der Waals surface area contributed by atoms with Gasteiger partial charge in [-0.1, -0.05) is 70.2 Å². The molecule has 20 atom stereocenters. The Bertz CT molecular complexity index is 1920. The van der Waals surface area contributed by atoms with Crippen LogP contribution in [0.25, 0.3) is 6.08 Å². The van der Waals surface area contributed by atoms with Gasteiger partial charge < -0.3 is 93.9 Å². The van der Waals surface area contributed by atoms with E-state index in [9.17, 15) is 55.5 Å². The van der Waals surface area contributed by atoms with E-state index >= 15 is 0 Å². The fraction of sp³-hybridized carbons (Fsp3) is 0.755. The van der Waals surface area contributed by atoms with Crippen LogP contribution in [0.4, 0.5) is 0 Å². The van der Waals surface area contributed by atoms with Crippen molar-refractivity contribution >= 4 is 18.0 Å². The van der Waals surface area contributed by atoms with E-state index in [0.717, 1.165) is 37.7 Å². The van der Waals surface area contributed by atoms with Crippen LogP contribution in [0.3, 0.4) is 0 Å². The largest absolute Gasteiger partial charge is 0.479 e. The number of aliphatic carboxylic acids is 1. The molecule has 2 saturated carbocycles. The lowest BCUT2D eigenvalue weighted by atomic mass is 9.76. The molecule has 4 aliphatic heterocycles. The Kier molecular flexibility index (Phi) is 19.2. The summed E-state index contributed by atoms with van der Waals surface area (Å²) in [5.74, 6) is -1.68. The minimum atomic E-state index is -1.68. The number of carbonyl (C=O) groups excluding carboxylic acids is 1. The van der Waals surface area contributed by atoms with Crippen molar-refractivity contribution in [2.45, 2.75) is 189 Å². The molecule has 9 unspecified atom stereocenters. The van der Waals surface area contributed by atoms with E-state index in [1.165, 1.54) is 13.8 Å². The average Bonchev–Trinajstić information content (AvgIpc) is 3.34. The monoisotopic (exact) mass is 995 g/mol. The molecule has 5 fully saturated rings. The Labute approximate surface area is 407 Å². The number of hydrogen-bond donors (Lipinski definition) is 10. The molecule has 10 N–H and O–H groups in total. The lowest BCUT2D eigenvalue weighted by molar-refractivity contribution is -0.341. The zero-order valence-electron chi connectivity index (χ0n) is 39.9. The Morgan fingerprint density at radius 1 is 0.786 bits per heavy atom. The van der Waals surface area contributed by atoms with E-state index < -0.39 is 147 Å². The van der Waals surface area contributed by atoms with E-state index in [1.54, 1.807) is 6.07 Å². The first-order valence-corrected chi connectivity index (χ1v) is 24.6. The second kappa shape index (κ2) is 24.7. The SMILES string of the molecule is C=C1Oc2ccccc2C=C1COC1C(O)[C@@H](OCC2CC(CC)[C@@H](O[C@@H]3OC(C)[C@@H](O)[C@H](O)C3O)[C@H](O[C@@H]3O[C@@H](CO)[C@H](O)C(O[C@@H](CC4CCCCC4)C(=O)O)C3NC(C)=O)C2)OC(CO)[C@H]1O. The highest BCUT2D eigenvalue weighted by Gasteiger charge is 2.53. The summed E-state index contributed by atoms with van der Waals surface area (Å²) in [6, 6.07) is 6.00. The molecule has 21 nitrogen and oxygen atoms in total. The standard InChI is InChI=1S/C49H73NO20/c1-5-28-15-27(21-63-48-42(59)45(39(56)35(20-52)69-48)62-22-30-18-29-13-9-10-14-31(29)64-23(30)2)17-32(43(28)70-49-41(58)40(57)37(54)24(3)65-49)67-47-36(50-25(4)53)44(38(55)34(19-51)68-47)66-33(46(60)61)16-26-11-7-6-8-12-26/h9-10,13-14,18,24,26-28,32-45,47-49,51-52,54-59H,2,5-8,11-12,15-17,19-22H2,1,3-4H3,(H,50,53)(H,60,61)/t24?,27?,28?,32-,33+,34+,35?,36?,37-,38+,39-,40+,41?,42?,43-,44?,45?,47-,48+,49+/m1/s1. The number of carbonyl (C=O) groups is 2. The Morgan fingerprint density at radius 3 is 2.14 bits per heavy atom. The third-order valence-electron chi connectivity index (χ3n) is 14.6. The van der Waals surface area contributed by atoms with E-state index in [2.05, 4.69) is 11.9 Å². The Hall–Kier alpha value is -3.20. The number of nitrogens with one attached hydrogen (secondary N) is 1. The van der Waals surface area contributed by atoms with Gasteiger partial charge in [0.15, 0.2) is 25.0 Å². The Morgan fingerprint density at radius 2 is 1.47 bits per heavy atom. The van der Waals surface area contributed by atoms with Crippen molar-refractivity contribution in [3.05, 3.63) is 47.7 Å². The molecule has 2 aliphatic carbocycles. The maximum Gasteiger partial charge on any atom is 0.332 e. The predicted molar refractivity (Wildman–Crippen MR) is 243 cm³/mol. The van der Waals surface area contributed by atoms with Crippen molar-refractivity contribution in [1.29, 1.82) is 0 Å². The molecule has 1 aromatic rings. The number of aliphatic hydroxyl groups is 8. The zero-order valence-corrected chi connectivity index (χ0v) is 39.9. The minimum Gasteiger partial charge on any atom is -0.479 e. The van der Waals surface area contributed by atoms with Crippen LogP contribution in [0.1, 0.15) is 84.1 Å². The van der Waals surface area contributed by atoms with Crippen LogP contribution in [0.15, 0.2) is 42.2 Å². The van der Waals surface area contributed by atoms with Gasteiger partial charge >= 0.3 is 5.97 Å². The van der Waals surface area contributed by atoms with Crippen molar-refractivity contribution < 1.29 is 98.2 Å². The number of hydrogen-bond acceptors (Lipinski definition) is 19. The van der Waals surface area contributed by atoms with E-state index in [4.69, 9.17) is 42.6 Å². The highest BCUT2D eigenvalue weighted by molar-refractivity contribution is 5.74. The van der Waals surface area contributed by atoms with E-state index in [-0.39, 0.29) is 32.0 Å². The smallest absolute Gasteiger partial charge is 0.332 e. The van der Waals surface area contributed by atoms with Gasteiger partial charge in [0.2, 0.25) is 5.91 Å². The number of ether oxygens (including phenoxy) is 9. The van der Waals surface area contributed by atoms with E-state index in [1.807, 2.05) is 31.2 Å². The zero-order chi connectivity index (χ0) is 50.4. The quantitative estimate of drug-likeness (QED) is 0.0888. The van der Waals surface area contributed by atoms with Gasteiger partial charge in [0, 0.05) is 18.1 Å². The molecule has 1 aromatic carbocycles. The maximum absolute atomic E-state index is 12.9. The number of carboxylic acid groups (broad SMARTS) is 1. The second-order valence-corrected chi connectivity index (χ2v) is 19.6. The number of fused-ring (bicyclic) bond motifs is 1. The van der Waals surface area contributed by atoms with Crippen LogP contribution in [0, 0.1) is 17.8 Å². The van der Waals surface area contributed by atoms with Crippen LogP contribution < -0.4 is 10.1 Å². The summed E-state index contributed by atoms with van der Waals surface area (Å²) in [4.78, 5) is 25.6. The topological polar surface area (TPSA) is 311 Å². The highest BCUT2D eigenvalue weighted by atomic mass is 16.7. The van der Waals surface area contributed by atoms with Crippen LogP contribution >= 0.6 is 0 Å². The first-order chi connectivity index (χ1) is 33.5. The van der Waals surface area contributed by atoms with Crippen molar-refractivity contribution in [2.24, 2.45) is 17.8 Å². The van der Waals surface area contributed by atoms with Crippen molar-refractivity contribution in [1.82, 2.24) is 5.32 Å². The molecule has 0 spiro atoms. The predicted octanol–water partition coefficient (Wildman–Crippen LogP) is 0.243. The summed E-state index contributed by atoms with van der Waals surface area (Å²) in [7, 11) is 0. The molecule has 70 heavy (non-hydrogen) atoms. The summed E-state index contributed by atoms with van der Waals surface area (Å²) >= 11 is 0. The molecular weight excluding hydrogens is 923 g/mol. The molecule has 0 radical (unpaired) electrons. The molecule has 6 aliphatic rings. The summed E-state index contributed by atoms with van der Waals surface area (Å²) in [5, 5.41) is 100. The second-order valence-electron chi connectivity index (χ2n) is 19.6. The van der Waals surface area contributed by atoms with Crippen molar-refractivity contribution in [3.63, 3.8) is 0 Å².